The molecule has 2 aromatic rings. The summed E-state index contributed by atoms with van der Waals surface area (Å²) < 4.78 is 7.10. The average molecular weight is 327 g/mol. The Morgan fingerprint density at radius 2 is 1.83 bits per heavy atom. The van der Waals surface area contributed by atoms with E-state index < -0.39 is 12.1 Å². The molecular weight excluding hydrogens is 306 g/mol. The van der Waals surface area contributed by atoms with Crippen LogP contribution in [0, 0.1) is 0 Å². The Balaban J connectivity index is 1.82. The van der Waals surface area contributed by atoms with Crippen molar-refractivity contribution in [3.05, 3.63) is 53.9 Å². The highest BCUT2D eigenvalue weighted by Gasteiger charge is 2.30. The molecule has 1 atom stereocenters. The molecule has 1 fully saturated rings. The van der Waals surface area contributed by atoms with Crippen LogP contribution in [0.3, 0.4) is 0 Å². The maximum Gasteiger partial charge on any atom is 0.342 e. The molecule has 3 rings (SSSR count). The summed E-state index contributed by atoms with van der Waals surface area (Å²) >= 11 is 0. The van der Waals surface area contributed by atoms with Gasteiger partial charge in [-0.2, -0.15) is 5.10 Å². The van der Waals surface area contributed by atoms with Crippen molar-refractivity contribution in [2.75, 3.05) is 13.1 Å². The second kappa shape index (κ2) is 7.29. The van der Waals surface area contributed by atoms with E-state index in [1.807, 2.05) is 30.3 Å². The predicted octanol–water partition coefficient (Wildman–Crippen LogP) is 2.33. The Kier molecular flexibility index (Phi) is 4.93. The highest BCUT2D eigenvalue weighted by Crippen LogP contribution is 2.23. The van der Waals surface area contributed by atoms with E-state index in [1.54, 1.807) is 18.1 Å². The highest BCUT2D eigenvalue weighted by molar-refractivity contribution is 5.92. The molecular formula is C18H21N3O3. The number of carbonyl (C=O) groups excluding carboxylic acids is 2. The molecule has 0 aliphatic carbocycles. The van der Waals surface area contributed by atoms with Crippen LogP contribution in [0.25, 0.3) is 0 Å². The Morgan fingerprint density at radius 1 is 1.12 bits per heavy atom. The van der Waals surface area contributed by atoms with E-state index in [2.05, 4.69) is 5.10 Å². The zero-order valence-corrected chi connectivity index (χ0v) is 13.7. The van der Waals surface area contributed by atoms with Crippen LogP contribution < -0.4 is 0 Å². The minimum Gasteiger partial charge on any atom is -0.444 e. The van der Waals surface area contributed by atoms with Gasteiger partial charge >= 0.3 is 5.97 Å². The summed E-state index contributed by atoms with van der Waals surface area (Å²) in [6.07, 6.45) is 5.21. The largest absolute Gasteiger partial charge is 0.444 e. The predicted molar refractivity (Wildman–Crippen MR) is 88.2 cm³/mol. The van der Waals surface area contributed by atoms with E-state index in [9.17, 15) is 9.59 Å². The van der Waals surface area contributed by atoms with Crippen molar-refractivity contribution in [1.82, 2.24) is 14.7 Å². The number of ether oxygens (including phenoxy) is 1. The molecule has 24 heavy (non-hydrogen) atoms. The monoisotopic (exact) mass is 327 g/mol. The van der Waals surface area contributed by atoms with Crippen LogP contribution in [0.15, 0.2) is 42.7 Å². The standard InChI is InChI=1S/C18H21N3O3/c1-20-13-15(12-19-20)18(23)24-16(14-8-4-2-5-9-14)17(22)21-10-6-3-7-11-21/h2,4-5,8-9,12-13,16H,3,6-7,10-11H2,1H3/t16-/m0/s1. The maximum absolute atomic E-state index is 12.9. The molecule has 1 aliphatic rings. The number of hydrogen-bond donors (Lipinski definition) is 0. The third-order valence-electron chi connectivity index (χ3n) is 4.16. The van der Waals surface area contributed by atoms with Gasteiger partial charge in [0.25, 0.3) is 5.91 Å². The van der Waals surface area contributed by atoms with Crippen LogP contribution >= 0.6 is 0 Å². The fourth-order valence-corrected chi connectivity index (χ4v) is 2.87. The molecule has 1 aliphatic heterocycles. The van der Waals surface area contributed by atoms with Crippen LogP contribution in [-0.2, 0) is 16.6 Å². The molecule has 2 heterocycles. The number of amides is 1. The van der Waals surface area contributed by atoms with Crippen molar-refractivity contribution in [2.45, 2.75) is 25.4 Å². The first-order valence-corrected chi connectivity index (χ1v) is 8.18. The summed E-state index contributed by atoms with van der Waals surface area (Å²) in [6, 6.07) is 9.16. The minimum absolute atomic E-state index is 0.154. The zero-order valence-electron chi connectivity index (χ0n) is 13.7. The Hall–Kier alpha value is -2.63. The highest BCUT2D eigenvalue weighted by atomic mass is 16.5. The van der Waals surface area contributed by atoms with E-state index in [0.717, 1.165) is 19.3 Å². The number of piperidine rings is 1. The lowest BCUT2D eigenvalue weighted by atomic mass is 10.1. The number of aromatic nitrogens is 2. The van der Waals surface area contributed by atoms with Gasteiger partial charge < -0.3 is 9.64 Å². The zero-order chi connectivity index (χ0) is 16.9. The summed E-state index contributed by atoms with van der Waals surface area (Å²) in [5, 5.41) is 3.97. The number of esters is 1. The van der Waals surface area contributed by atoms with Gasteiger partial charge in [0.15, 0.2) is 0 Å². The lowest BCUT2D eigenvalue weighted by Crippen LogP contribution is -2.40. The van der Waals surface area contributed by atoms with Crippen molar-refractivity contribution in [3.8, 4) is 0 Å². The van der Waals surface area contributed by atoms with E-state index in [-0.39, 0.29) is 5.91 Å². The molecule has 0 radical (unpaired) electrons. The first-order valence-electron chi connectivity index (χ1n) is 8.18. The topological polar surface area (TPSA) is 64.4 Å². The number of nitrogens with zero attached hydrogens (tertiary/aromatic N) is 3. The number of carbonyl (C=O) groups is 2. The van der Waals surface area contributed by atoms with Gasteiger partial charge in [-0.05, 0) is 19.3 Å². The van der Waals surface area contributed by atoms with Gasteiger partial charge in [0, 0.05) is 31.9 Å². The number of aryl methyl sites for hydroxylation is 1. The number of rotatable bonds is 4. The van der Waals surface area contributed by atoms with Crippen LogP contribution in [0.5, 0.6) is 0 Å². The van der Waals surface area contributed by atoms with Gasteiger partial charge in [-0.1, -0.05) is 30.3 Å². The van der Waals surface area contributed by atoms with Crippen LogP contribution in [-0.4, -0.2) is 39.6 Å². The van der Waals surface area contributed by atoms with Crippen LogP contribution in [0.2, 0.25) is 0 Å². The van der Waals surface area contributed by atoms with E-state index in [0.29, 0.717) is 24.2 Å². The fourth-order valence-electron chi connectivity index (χ4n) is 2.87. The van der Waals surface area contributed by atoms with Gasteiger partial charge in [-0.3, -0.25) is 9.48 Å². The number of hydrogen-bond acceptors (Lipinski definition) is 4. The molecule has 1 aromatic heterocycles. The van der Waals surface area contributed by atoms with Gasteiger partial charge in [0.05, 0.1) is 11.8 Å². The molecule has 0 N–H and O–H groups in total. The van der Waals surface area contributed by atoms with Gasteiger partial charge in [0.1, 0.15) is 0 Å². The summed E-state index contributed by atoms with van der Waals surface area (Å²) in [4.78, 5) is 27.1. The van der Waals surface area contributed by atoms with Crippen molar-refractivity contribution in [3.63, 3.8) is 0 Å². The summed E-state index contributed by atoms with van der Waals surface area (Å²) in [6.45, 7) is 1.43. The summed E-state index contributed by atoms with van der Waals surface area (Å²) in [7, 11) is 1.73. The second-order valence-corrected chi connectivity index (χ2v) is 5.98. The molecule has 6 nitrogen and oxygen atoms in total. The first-order chi connectivity index (χ1) is 11.6. The van der Waals surface area contributed by atoms with Crippen molar-refractivity contribution < 1.29 is 14.3 Å². The molecule has 6 heteroatoms. The lowest BCUT2D eigenvalue weighted by molar-refractivity contribution is -0.142. The smallest absolute Gasteiger partial charge is 0.342 e. The fraction of sp³-hybridized carbons (Fsp3) is 0.389. The van der Waals surface area contributed by atoms with Crippen LogP contribution in [0.4, 0.5) is 0 Å². The molecule has 0 spiro atoms. The Bertz CT molecular complexity index is 705. The van der Waals surface area contributed by atoms with Crippen LogP contribution in [0.1, 0.15) is 41.3 Å². The quantitative estimate of drug-likeness (QED) is 0.809. The van der Waals surface area contributed by atoms with E-state index in [4.69, 9.17) is 4.74 Å². The molecule has 0 saturated carbocycles. The summed E-state index contributed by atoms with van der Waals surface area (Å²) in [5.41, 5.74) is 1.02. The number of likely N-dealkylation sites (tertiary alicyclic amines) is 1. The SMILES string of the molecule is Cn1cc(C(=O)O[C@H](C(=O)N2CCCCC2)c2ccccc2)cn1. The Morgan fingerprint density at radius 3 is 2.46 bits per heavy atom. The van der Waals surface area contributed by atoms with Crippen molar-refractivity contribution in [2.24, 2.45) is 7.05 Å². The third-order valence-corrected chi connectivity index (χ3v) is 4.16. The molecule has 126 valence electrons. The normalized spacial score (nSPS) is 15.8. The van der Waals surface area contributed by atoms with Gasteiger partial charge in [-0.25, -0.2) is 4.79 Å². The maximum atomic E-state index is 12.9. The molecule has 1 saturated heterocycles. The molecule has 0 bridgehead atoms. The minimum atomic E-state index is -0.919. The molecule has 1 amide bonds. The van der Waals surface area contributed by atoms with Gasteiger partial charge in [0.2, 0.25) is 6.10 Å². The average Bonchev–Trinajstić information content (AvgIpc) is 3.07. The summed E-state index contributed by atoms with van der Waals surface area (Å²) in [5.74, 6) is -0.694. The van der Waals surface area contributed by atoms with Gasteiger partial charge in [-0.15, -0.1) is 0 Å². The third kappa shape index (κ3) is 3.64. The van der Waals surface area contributed by atoms with E-state index in [1.165, 1.54) is 10.9 Å². The lowest BCUT2D eigenvalue weighted by Gasteiger charge is -2.30. The second-order valence-electron chi connectivity index (χ2n) is 5.98. The molecule has 1 aromatic carbocycles. The molecule has 0 unspecified atom stereocenters. The Labute approximate surface area is 141 Å². The first kappa shape index (κ1) is 16.2. The van der Waals surface area contributed by atoms with Crippen molar-refractivity contribution in [1.29, 1.82) is 0 Å². The number of benzene rings is 1. The van der Waals surface area contributed by atoms with E-state index >= 15 is 0 Å². The van der Waals surface area contributed by atoms with Crippen molar-refractivity contribution >= 4 is 11.9 Å².